The fraction of sp³-hybridized carbons (Fsp3) is 0.417. The molecule has 0 spiro atoms. The molecule has 0 saturated carbocycles. The van der Waals surface area contributed by atoms with E-state index in [0.29, 0.717) is 0 Å². The summed E-state index contributed by atoms with van der Waals surface area (Å²) in [6.07, 6.45) is 13.2. The summed E-state index contributed by atoms with van der Waals surface area (Å²) in [6, 6.07) is 0. The van der Waals surface area contributed by atoms with Crippen LogP contribution in [-0.4, -0.2) is 4.57 Å². The van der Waals surface area contributed by atoms with Crippen LogP contribution in [0, 0.1) is 22.9 Å². The lowest BCUT2D eigenvalue weighted by Crippen LogP contribution is -2.29. The molecule has 0 saturated heterocycles. The highest BCUT2D eigenvalue weighted by Gasteiger charge is 1.99. The second-order valence-corrected chi connectivity index (χ2v) is 3.25. The highest BCUT2D eigenvalue weighted by Crippen LogP contribution is 1.92. The van der Waals surface area contributed by atoms with Crippen LogP contribution in [0.2, 0.25) is 0 Å². The van der Waals surface area contributed by atoms with Crippen molar-refractivity contribution in [2.24, 2.45) is 11.5 Å². The van der Waals surface area contributed by atoms with Gasteiger partial charge in [-0.25, -0.2) is 9.13 Å². The van der Waals surface area contributed by atoms with Crippen LogP contribution in [0.3, 0.4) is 0 Å². The zero-order valence-electron chi connectivity index (χ0n) is 10.8. The molecule has 1 rings (SSSR count). The van der Waals surface area contributed by atoms with Gasteiger partial charge in [0.1, 0.15) is 18.9 Å². The van der Waals surface area contributed by atoms with Gasteiger partial charge in [-0.2, -0.15) is 10.5 Å². The van der Waals surface area contributed by atoms with Crippen molar-refractivity contribution >= 4 is 0 Å². The summed E-state index contributed by atoms with van der Waals surface area (Å²) in [4.78, 5) is 0. The van der Waals surface area contributed by atoms with Gasteiger partial charge >= 0.3 is 0 Å². The second-order valence-electron chi connectivity index (χ2n) is 3.25. The molecule has 4 N–H and O–H groups in total. The van der Waals surface area contributed by atoms with Crippen LogP contribution in [-0.2, 0) is 13.1 Å². The maximum atomic E-state index is 7.10. The molecule has 1 aromatic heterocycles. The first kappa shape index (κ1) is 17.9. The Balaban J connectivity index is 0. The van der Waals surface area contributed by atoms with Crippen LogP contribution < -0.4 is 16.0 Å². The Hall–Kier alpha value is -2.47. The van der Waals surface area contributed by atoms with E-state index in [1.54, 1.807) is 0 Å². The zero-order valence-corrected chi connectivity index (χ0v) is 10.8. The molecule has 1 aromatic rings. The van der Waals surface area contributed by atoms with Crippen molar-refractivity contribution in [2.75, 3.05) is 0 Å². The quantitative estimate of drug-likeness (QED) is 0.345. The molecule has 1 heterocycles. The number of nitrogens with zero attached hydrogens (tertiary/aromatic N) is 4. The van der Waals surface area contributed by atoms with Gasteiger partial charge in [-0.3, -0.25) is 0 Å². The summed E-state index contributed by atoms with van der Waals surface area (Å²) in [5, 5.41) is 14.2. The normalized spacial score (nSPS) is 7.50. The Morgan fingerprint density at radius 1 is 1.39 bits per heavy atom. The first-order valence-electron chi connectivity index (χ1n) is 5.55. The molecular formula is C12H21N6+. The first-order chi connectivity index (χ1) is 8.69. The number of hydrogen-bond acceptors (Lipinski definition) is 4. The standard InChI is InChI=1S/C10H17N2.2CH2N2/c1-3-5-7-12-9-8-11(10-12)6-4-2;2*2-1-3/h4,8-10H,2-3,5-7H2,1H3;2*2H2/q+1;;. The van der Waals surface area contributed by atoms with Gasteiger partial charge in [0.2, 0.25) is 6.33 Å². The fourth-order valence-corrected chi connectivity index (χ4v) is 1.17. The summed E-state index contributed by atoms with van der Waals surface area (Å²) >= 11 is 0. The summed E-state index contributed by atoms with van der Waals surface area (Å²) in [7, 11) is 0. The third-order valence-corrected chi connectivity index (χ3v) is 1.86. The zero-order chi connectivity index (χ0) is 14.2. The maximum Gasteiger partial charge on any atom is 0.244 e. The van der Waals surface area contributed by atoms with E-state index >= 15 is 0 Å². The van der Waals surface area contributed by atoms with Crippen LogP contribution in [0.4, 0.5) is 0 Å². The van der Waals surface area contributed by atoms with Gasteiger partial charge < -0.3 is 11.5 Å². The molecule has 0 radical (unpaired) electrons. The molecule has 98 valence electrons. The van der Waals surface area contributed by atoms with Crippen molar-refractivity contribution in [3.8, 4) is 12.4 Å². The Morgan fingerprint density at radius 3 is 2.39 bits per heavy atom. The van der Waals surface area contributed by atoms with Gasteiger partial charge in [0.05, 0.1) is 6.54 Å². The number of nitrogens with two attached hydrogens (primary N) is 2. The van der Waals surface area contributed by atoms with Crippen LogP contribution in [0.15, 0.2) is 31.4 Å². The molecule has 18 heavy (non-hydrogen) atoms. The molecule has 0 aromatic carbocycles. The van der Waals surface area contributed by atoms with Crippen LogP contribution >= 0.6 is 0 Å². The van der Waals surface area contributed by atoms with E-state index in [9.17, 15) is 0 Å². The molecule has 0 bridgehead atoms. The summed E-state index contributed by atoms with van der Waals surface area (Å²) in [6.45, 7) is 7.93. The van der Waals surface area contributed by atoms with Crippen LogP contribution in [0.5, 0.6) is 0 Å². The van der Waals surface area contributed by atoms with E-state index in [2.05, 4.69) is 52.8 Å². The molecule has 0 aliphatic heterocycles. The van der Waals surface area contributed by atoms with Gasteiger partial charge in [0.15, 0.2) is 12.4 Å². The predicted octanol–water partition coefficient (Wildman–Crippen LogP) is 0.614. The summed E-state index contributed by atoms with van der Waals surface area (Å²) in [5.41, 5.74) is 8.31. The van der Waals surface area contributed by atoms with Gasteiger partial charge in [0, 0.05) is 0 Å². The van der Waals surface area contributed by atoms with Crippen molar-refractivity contribution < 1.29 is 4.57 Å². The van der Waals surface area contributed by atoms with Crippen molar-refractivity contribution in [2.45, 2.75) is 32.9 Å². The monoisotopic (exact) mass is 249 g/mol. The summed E-state index contributed by atoms with van der Waals surface area (Å²) < 4.78 is 4.34. The number of rotatable bonds is 5. The lowest BCUT2D eigenvalue weighted by atomic mass is 10.3. The van der Waals surface area contributed by atoms with E-state index in [-0.39, 0.29) is 0 Å². The molecular weight excluding hydrogens is 228 g/mol. The number of aromatic nitrogens is 2. The Bertz CT molecular complexity index is 370. The Labute approximate surface area is 108 Å². The van der Waals surface area contributed by atoms with Gasteiger partial charge in [-0.1, -0.05) is 26.0 Å². The topological polar surface area (TPSA) is 108 Å². The summed E-state index contributed by atoms with van der Waals surface area (Å²) in [5.74, 6) is 0. The third-order valence-electron chi connectivity index (χ3n) is 1.86. The van der Waals surface area contributed by atoms with E-state index < -0.39 is 0 Å². The molecule has 6 nitrogen and oxygen atoms in total. The average Bonchev–Trinajstić information content (AvgIpc) is 2.77. The highest BCUT2D eigenvalue weighted by atomic mass is 15.1. The van der Waals surface area contributed by atoms with Crippen molar-refractivity contribution in [1.82, 2.24) is 4.57 Å². The minimum atomic E-state index is 0.902. The van der Waals surface area contributed by atoms with Gasteiger partial charge in [-0.15, -0.1) is 0 Å². The van der Waals surface area contributed by atoms with Crippen LogP contribution in [0.25, 0.3) is 0 Å². The van der Waals surface area contributed by atoms with Crippen molar-refractivity contribution in [3.05, 3.63) is 31.4 Å². The average molecular weight is 249 g/mol. The predicted molar refractivity (Wildman–Crippen MR) is 69.3 cm³/mol. The number of imidazole rings is 1. The minimum absolute atomic E-state index is 0.902. The number of unbranched alkanes of at least 4 members (excludes halogenated alkanes) is 1. The molecule has 6 heteroatoms. The van der Waals surface area contributed by atoms with Crippen molar-refractivity contribution in [1.29, 1.82) is 10.5 Å². The van der Waals surface area contributed by atoms with Crippen LogP contribution in [0.1, 0.15) is 19.8 Å². The second kappa shape index (κ2) is 14.5. The molecule has 0 atom stereocenters. The van der Waals surface area contributed by atoms with E-state index in [1.807, 2.05) is 6.08 Å². The fourth-order valence-electron chi connectivity index (χ4n) is 1.17. The highest BCUT2D eigenvalue weighted by molar-refractivity contribution is 4.68. The number of aryl methyl sites for hydroxylation is 1. The van der Waals surface area contributed by atoms with E-state index in [0.717, 1.165) is 13.1 Å². The van der Waals surface area contributed by atoms with Gasteiger partial charge in [-0.05, 0) is 6.42 Å². The molecule has 0 unspecified atom stereocenters. The lowest BCUT2D eigenvalue weighted by Gasteiger charge is -1.91. The third kappa shape index (κ3) is 11.6. The lowest BCUT2D eigenvalue weighted by molar-refractivity contribution is -0.686. The molecule has 0 amide bonds. The van der Waals surface area contributed by atoms with Crippen molar-refractivity contribution in [3.63, 3.8) is 0 Å². The Kier molecular flexibility index (Phi) is 14.5. The SMILES string of the molecule is C=CC[n+]1ccn(CCCC)c1.N#CN.N#CN. The maximum absolute atomic E-state index is 7.10. The van der Waals surface area contributed by atoms with Gasteiger partial charge in [0.25, 0.3) is 0 Å². The molecule has 0 fully saturated rings. The number of allylic oxidation sites excluding steroid dienone is 1. The smallest absolute Gasteiger partial charge is 0.244 e. The van der Waals surface area contributed by atoms with E-state index in [1.165, 1.54) is 25.2 Å². The molecule has 0 aliphatic carbocycles. The largest absolute Gasteiger partial charge is 0.337 e. The first-order valence-corrected chi connectivity index (χ1v) is 5.55. The number of hydrogen-bond donors (Lipinski definition) is 2. The minimum Gasteiger partial charge on any atom is -0.337 e. The number of nitriles is 2. The van der Waals surface area contributed by atoms with E-state index in [4.69, 9.17) is 10.5 Å². The molecule has 0 aliphatic rings. The Morgan fingerprint density at radius 2 is 1.94 bits per heavy atom.